The van der Waals surface area contributed by atoms with Crippen LogP contribution < -0.4 is 0 Å². The molecule has 3 saturated carbocycles. The molecule has 0 N–H and O–H groups in total. The highest BCUT2D eigenvalue weighted by Crippen LogP contribution is 2.57. The van der Waals surface area contributed by atoms with E-state index in [-0.39, 0.29) is 0 Å². The predicted molar refractivity (Wildman–Crippen MR) is 87.7 cm³/mol. The minimum absolute atomic E-state index is 0.599. The average molecular weight is 277 g/mol. The van der Waals surface area contributed by atoms with Crippen LogP contribution in [0.1, 0.15) is 91.9 Å². The van der Waals surface area contributed by atoms with Crippen LogP contribution in [0.4, 0.5) is 0 Å². The lowest BCUT2D eigenvalue weighted by atomic mass is 9.56. The quantitative estimate of drug-likeness (QED) is 0.477. The van der Waals surface area contributed by atoms with Crippen LogP contribution in [0.15, 0.2) is 0 Å². The maximum atomic E-state index is 2.64. The minimum atomic E-state index is 0.599. The first kappa shape index (κ1) is 14.9. The zero-order valence-electron chi connectivity index (χ0n) is 14.4. The lowest BCUT2D eigenvalue weighted by molar-refractivity contribution is 0.00762. The topological polar surface area (TPSA) is 0 Å². The van der Waals surface area contributed by atoms with Gasteiger partial charge in [0.25, 0.3) is 0 Å². The first-order valence-corrected chi connectivity index (χ1v) is 9.43. The summed E-state index contributed by atoms with van der Waals surface area (Å²) >= 11 is 0. The Bertz CT molecular complexity index is 342. The molecule has 5 unspecified atom stereocenters. The number of hydrogen-bond acceptors (Lipinski definition) is 0. The molecule has 2 bridgehead atoms. The normalized spacial score (nSPS) is 48.6. The Labute approximate surface area is 127 Å². The molecule has 116 valence electrons. The van der Waals surface area contributed by atoms with Crippen LogP contribution in [-0.4, -0.2) is 0 Å². The fraction of sp³-hybridized carbons (Fsp3) is 1.00. The number of hydrogen-bond donors (Lipinski definition) is 0. The maximum absolute atomic E-state index is 2.64. The average Bonchev–Trinajstić information content (AvgIpc) is 2.40. The molecule has 0 radical (unpaired) electrons. The van der Waals surface area contributed by atoms with Gasteiger partial charge in [0, 0.05) is 0 Å². The van der Waals surface area contributed by atoms with Gasteiger partial charge in [-0.3, -0.25) is 0 Å². The Hall–Kier alpha value is 0. The van der Waals surface area contributed by atoms with E-state index in [9.17, 15) is 0 Å². The third kappa shape index (κ3) is 2.46. The standard InChI is InChI=1S/C20H36/c1-15-8-9-16-10-11-17-7-5-6-13-20(17,4)14-12-18(15)19(16,2)3/h15-18H,5-14H2,1-4H3. The van der Waals surface area contributed by atoms with E-state index in [1.807, 2.05) is 0 Å². The van der Waals surface area contributed by atoms with Crippen molar-refractivity contribution >= 4 is 0 Å². The van der Waals surface area contributed by atoms with Crippen LogP contribution >= 0.6 is 0 Å². The second-order valence-electron chi connectivity index (χ2n) is 9.39. The molecule has 0 saturated heterocycles. The molecule has 3 aliphatic carbocycles. The van der Waals surface area contributed by atoms with Gasteiger partial charge in [-0.05, 0) is 79.4 Å². The summed E-state index contributed by atoms with van der Waals surface area (Å²) < 4.78 is 0. The molecule has 0 aromatic rings. The molecule has 20 heavy (non-hydrogen) atoms. The molecule has 0 spiro atoms. The summed E-state index contributed by atoms with van der Waals surface area (Å²) in [4.78, 5) is 0. The Morgan fingerprint density at radius 1 is 0.700 bits per heavy atom. The largest absolute Gasteiger partial charge is 0.0622 e. The lowest BCUT2D eigenvalue weighted by Gasteiger charge is -2.49. The first-order chi connectivity index (χ1) is 9.43. The molecular weight excluding hydrogens is 240 g/mol. The van der Waals surface area contributed by atoms with E-state index in [1.54, 1.807) is 0 Å². The zero-order valence-corrected chi connectivity index (χ0v) is 14.4. The van der Waals surface area contributed by atoms with Gasteiger partial charge in [-0.1, -0.05) is 47.0 Å². The Morgan fingerprint density at radius 3 is 2.20 bits per heavy atom. The second kappa shape index (κ2) is 5.33. The Morgan fingerprint density at radius 2 is 1.40 bits per heavy atom. The van der Waals surface area contributed by atoms with Crippen LogP contribution in [0.5, 0.6) is 0 Å². The van der Waals surface area contributed by atoms with E-state index in [4.69, 9.17) is 0 Å². The van der Waals surface area contributed by atoms with E-state index in [0.717, 1.165) is 23.7 Å². The first-order valence-electron chi connectivity index (χ1n) is 9.43. The summed E-state index contributed by atoms with van der Waals surface area (Å²) in [6.07, 6.45) is 15.2. The highest BCUT2D eigenvalue weighted by Gasteiger charge is 2.47. The summed E-state index contributed by atoms with van der Waals surface area (Å²) in [5.41, 5.74) is 1.28. The van der Waals surface area contributed by atoms with Crippen LogP contribution in [-0.2, 0) is 0 Å². The summed E-state index contributed by atoms with van der Waals surface area (Å²) in [6.45, 7) is 10.4. The van der Waals surface area contributed by atoms with Gasteiger partial charge in [-0.25, -0.2) is 0 Å². The van der Waals surface area contributed by atoms with Gasteiger partial charge in [0.2, 0.25) is 0 Å². The molecule has 0 heterocycles. The van der Waals surface area contributed by atoms with Crippen molar-refractivity contribution in [1.29, 1.82) is 0 Å². The van der Waals surface area contributed by atoms with Crippen molar-refractivity contribution in [3.05, 3.63) is 0 Å². The van der Waals surface area contributed by atoms with Crippen molar-refractivity contribution in [3.63, 3.8) is 0 Å². The summed E-state index contributed by atoms with van der Waals surface area (Å²) in [5, 5.41) is 0. The molecule has 0 heteroatoms. The van der Waals surface area contributed by atoms with Crippen LogP contribution in [0.25, 0.3) is 0 Å². The minimum Gasteiger partial charge on any atom is -0.0622 e. The van der Waals surface area contributed by atoms with Gasteiger partial charge in [0.05, 0.1) is 0 Å². The smallest absolute Gasteiger partial charge is 0.0295 e. The Kier molecular flexibility index (Phi) is 3.97. The van der Waals surface area contributed by atoms with Crippen molar-refractivity contribution < 1.29 is 0 Å². The molecule has 3 rings (SSSR count). The van der Waals surface area contributed by atoms with E-state index in [2.05, 4.69) is 27.7 Å². The van der Waals surface area contributed by atoms with Gasteiger partial charge in [0.15, 0.2) is 0 Å². The van der Waals surface area contributed by atoms with Crippen molar-refractivity contribution in [2.24, 2.45) is 34.5 Å². The molecule has 0 nitrogen and oxygen atoms in total. The van der Waals surface area contributed by atoms with E-state index in [1.165, 1.54) is 64.2 Å². The van der Waals surface area contributed by atoms with Crippen LogP contribution in [0.2, 0.25) is 0 Å². The fourth-order valence-corrected chi connectivity index (χ4v) is 6.43. The zero-order chi connectivity index (χ0) is 14.4. The number of fused-ring (bicyclic) bond motifs is 3. The van der Waals surface area contributed by atoms with Gasteiger partial charge < -0.3 is 0 Å². The number of rotatable bonds is 0. The molecular formula is C20H36. The molecule has 0 aromatic heterocycles. The third-order valence-corrected chi connectivity index (χ3v) is 8.09. The van der Waals surface area contributed by atoms with E-state index in [0.29, 0.717) is 10.8 Å². The fourth-order valence-electron chi connectivity index (χ4n) is 6.43. The second-order valence-corrected chi connectivity index (χ2v) is 9.39. The van der Waals surface area contributed by atoms with Crippen molar-refractivity contribution in [3.8, 4) is 0 Å². The van der Waals surface area contributed by atoms with E-state index < -0.39 is 0 Å². The predicted octanol–water partition coefficient (Wildman–Crippen LogP) is 6.45. The van der Waals surface area contributed by atoms with Crippen molar-refractivity contribution in [1.82, 2.24) is 0 Å². The molecule has 3 aliphatic rings. The molecule has 3 fully saturated rings. The summed E-state index contributed by atoms with van der Waals surface area (Å²) in [6, 6.07) is 0. The third-order valence-electron chi connectivity index (χ3n) is 8.09. The molecule has 5 atom stereocenters. The monoisotopic (exact) mass is 276 g/mol. The van der Waals surface area contributed by atoms with Gasteiger partial charge >= 0.3 is 0 Å². The van der Waals surface area contributed by atoms with E-state index >= 15 is 0 Å². The molecule has 0 aliphatic heterocycles. The maximum Gasteiger partial charge on any atom is -0.0295 e. The highest BCUT2D eigenvalue weighted by atomic mass is 14.5. The Balaban J connectivity index is 1.86. The van der Waals surface area contributed by atoms with Crippen molar-refractivity contribution in [2.45, 2.75) is 91.9 Å². The highest BCUT2D eigenvalue weighted by molar-refractivity contribution is 4.97. The SMILES string of the molecule is CC1CCC2CCC3CCCCC3(C)CCC1C2(C)C. The lowest BCUT2D eigenvalue weighted by Crippen LogP contribution is -2.40. The van der Waals surface area contributed by atoms with Crippen LogP contribution in [0, 0.1) is 34.5 Å². The van der Waals surface area contributed by atoms with Gasteiger partial charge in [0.1, 0.15) is 0 Å². The van der Waals surface area contributed by atoms with Gasteiger partial charge in [-0.15, -0.1) is 0 Å². The van der Waals surface area contributed by atoms with Crippen LogP contribution in [0.3, 0.4) is 0 Å². The molecule has 0 amide bonds. The molecule has 0 aromatic carbocycles. The van der Waals surface area contributed by atoms with Crippen molar-refractivity contribution in [2.75, 3.05) is 0 Å². The summed E-state index contributed by atoms with van der Waals surface area (Å²) in [5.74, 6) is 4.00. The van der Waals surface area contributed by atoms with Gasteiger partial charge in [-0.2, -0.15) is 0 Å². The summed E-state index contributed by atoms with van der Waals surface area (Å²) in [7, 11) is 0.